The summed E-state index contributed by atoms with van der Waals surface area (Å²) in [5.74, 6) is 0.135. The molecule has 1 atom stereocenters. The van der Waals surface area contributed by atoms with E-state index in [1.165, 1.54) is 22.2 Å². The zero-order valence-electron chi connectivity index (χ0n) is 20.2. The smallest absolute Gasteiger partial charge is 0.234 e. The number of hydrogen-bond donors (Lipinski definition) is 1. The number of fused-ring (bicyclic) bond motifs is 6. The molecule has 36 heavy (non-hydrogen) atoms. The molecule has 10 heteroatoms. The summed E-state index contributed by atoms with van der Waals surface area (Å²) < 4.78 is 8.17. The molecule has 0 bridgehead atoms. The highest BCUT2D eigenvalue weighted by Gasteiger charge is 2.33. The first kappa shape index (κ1) is 23.7. The first-order valence-electron chi connectivity index (χ1n) is 11.8. The molecule has 5 aromatic rings. The molecule has 1 N–H and O–H groups in total. The third kappa shape index (κ3) is 4.06. The van der Waals surface area contributed by atoms with Crippen molar-refractivity contribution in [2.45, 2.75) is 49.2 Å². The van der Waals surface area contributed by atoms with E-state index in [1.54, 1.807) is 23.1 Å². The van der Waals surface area contributed by atoms with Gasteiger partial charge in [-0.15, -0.1) is 21.5 Å². The Kier molecular flexibility index (Phi) is 6.15. The van der Waals surface area contributed by atoms with E-state index in [-0.39, 0.29) is 17.3 Å². The zero-order chi connectivity index (χ0) is 24.9. The maximum absolute atomic E-state index is 12.9. The van der Waals surface area contributed by atoms with E-state index in [9.17, 15) is 4.79 Å². The van der Waals surface area contributed by atoms with Crippen molar-refractivity contribution in [2.24, 2.45) is 0 Å². The van der Waals surface area contributed by atoms with Crippen molar-refractivity contribution in [3.63, 3.8) is 0 Å². The Morgan fingerprint density at radius 2 is 2.03 bits per heavy atom. The molecule has 6 rings (SSSR count). The number of carbonyl (C=O) groups excluding carboxylic acids is 1. The van der Waals surface area contributed by atoms with Gasteiger partial charge in [0, 0.05) is 22.4 Å². The van der Waals surface area contributed by atoms with Crippen molar-refractivity contribution < 1.29 is 9.53 Å². The number of aromatic nitrogens is 4. The fourth-order valence-electron chi connectivity index (χ4n) is 4.62. The summed E-state index contributed by atoms with van der Waals surface area (Å²) >= 11 is 4.61. The molecule has 4 heterocycles. The van der Waals surface area contributed by atoms with Crippen LogP contribution in [0.15, 0.2) is 52.8 Å². The summed E-state index contributed by atoms with van der Waals surface area (Å²) in [6.07, 6.45) is 3.77. The number of thiophene rings is 1. The lowest BCUT2D eigenvalue weighted by Gasteiger charge is -2.32. The van der Waals surface area contributed by atoms with Crippen molar-refractivity contribution in [1.82, 2.24) is 19.6 Å². The summed E-state index contributed by atoms with van der Waals surface area (Å²) in [4.78, 5) is 20.0. The summed E-state index contributed by atoms with van der Waals surface area (Å²) in [7, 11) is 0. The van der Waals surface area contributed by atoms with E-state index in [0.29, 0.717) is 11.8 Å². The van der Waals surface area contributed by atoms with Gasteiger partial charge < -0.3 is 10.1 Å². The number of amides is 1. The molecule has 184 valence electrons. The van der Waals surface area contributed by atoms with Crippen LogP contribution in [0.1, 0.15) is 30.7 Å². The Morgan fingerprint density at radius 1 is 1.19 bits per heavy atom. The Balaban J connectivity index is 1.31. The standard InChI is InChI=1S/C26H25N5O2S3/c1-4-26(2)12-17-19(13-33-26)36-23-21(17)22-29-30-25(31(22)24(28-23)34-3)35-14-20(32)27-18-11-7-9-15-8-5-6-10-16(15)18/h5-11H,4,12-14H2,1-3H3,(H,27,32)/t26-/m1/s1. The van der Waals surface area contributed by atoms with Crippen LogP contribution < -0.4 is 5.32 Å². The van der Waals surface area contributed by atoms with Crippen LogP contribution in [-0.4, -0.2) is 43.1 Å². The summed E-state index contributed by atoms with van der Waals surface area (Å²) in [5, 5.41) is 16.8. The van der Waals surface area contributed by atoms with Gasteiger partial charge in [0.2, 0.25) is 5.91 Å². The van der Waals surface area contributed by atoms with E-state index < -0.39 is 0 Å². The van der Waals surface area contributed by atoms with Gasteiger partial charge in [0.15, 0.2) is 16.0 Å². The number of carbonyl (C=O) groups is 1. The molecular formula is C26H25N5O2S3. The minimum absolute atomic E-state index is 0.0865. The van der Waals surface area contributed by atoms with Gasteiger partial charge in [-0.2, -0.15) is 0 Å². The average Bonchev–Trinajstić information content (AvgIpc) is 3.48. The van der Waals surface area contributed by atoms with Gasteiger partial charge in [-0.3, -0.25) is 4.79 Å². The molecule has 1 aliphatic rings. The highest BCUT2D eigenvalue weighted by atomic mass is 32.2. The van der Waals surface area contributed by atoms with Gasteiger partial charge in [-0.05, 0) is 36.6 Å². The second-order valence-corrected chi connectivity index (χ2v) is 11.9. The van der Waals surface area contributed by atoms with Gasteiger partial charge in [0.05, 0.1) is 23.3 Å². The second-order valence-electron chi connectivity index (χ2n) is 9.06. The number of nitrogens with one attached hydrogen (secondary N) is 1. The quantitative estimate of drug-likeness (QED) is 0.205. The van der Waals surface area contributed by atoms with E-state index in [0.717, 1.165) is 50.3 Å². The minimum Gasteiger partial charge on any atom is -0.369 e. The van der Waals surface area contributed by atoms with E-state index in [4.69, 9.17) is 9.72 Å². The number of benzene rings is 2. The Bertz CT molecular complexity index is 1620. The van der Waals surface area contributed by atoms with Crippen LogP contribution in [0.3, 0.4) is 0 Å². The molecule has 2 aromatic carbocycles. The molecule has 1 amide bonds. The number of nitrogens with zero attached hydrogens (tertiary/aromatic N) is 4. The molecule has 0 aliphatic carbocycles. The van der Waals surface area contributed by atoms with Crippen LogP contribution in [0.4, 0.5) is 5.69 Å². The summed E-state index contributed by atoms with van der Waals surface area (Å²) in [5.41, 5.74) is 2.70. The normalized spacial score (nSPS) is 17.6. The van der Waals surface area contributed by atoms with Crippen molar-refractivity contribution in [3.05, 3.63) is 52.9 Å². The van der Waals surface area contributed by atoms with Gasteiger partial charge in [0.25, 0.3) is 0 Å². The Morgan fingerprint density at radius 3 is 2.86 bits per heavy atom. The second kappa shape index (κ2) is 9.33. The van der Waals surface area contributed by atoms with E-state index in [1.807, 2.05) is 53.1 Å². The fourth-order valence-corrected chi connectivity index (χ4v) is 7.11. The van der Waals surface area contributed by atoms with Crippen molar-refractivity contribution in [2.75, 3.05) is 17.3 Å². The molecule has 1 aliphatic heterocycles. The first-order valence-corrected chi connectivity index (χ1v) is 14.8. The van der Waals surface area contributed by atoms with Crippen LogP contribution in [0, 0.1) is 0 Å². The highest BCUT2D eigenvalue weighted by molar-refractivity contribution is 8.00. The van der Waals surface area contributed by atoms with Gasteiger partial charge in [-0.25, -0.2) is 9.38 Å². The lowest BCUT2D eigenvalue weighted by molar-refractivity contribution is -0.113. The van der Waals surface area contributed by atoms with Gasteiger partial charge in [-0.1, -0.05) is 66.8 Å². The van der Waals surface area contributed by atoms with Gasteiger partial charge >= 0.3 is 0 Å². The number of anilines is 1. The fraction of sp³-hybridized carbons (Fsp3) is 0.308. The summed E-state index contributed by atoms with van der Waals surface area (Å²) in [6, 6.07) is 13.9. The van der Waals surface area contributed by atoms with Crippen LogP contribution in [-0.2, 0) is 22.6 Å². The van der Waals surface area contributed by atoms with Crippen molar-refractivity contribution >= 4 is 73.1 Å². The number of thioether (sulfide) groups is 2. The molecule has 0 saturated heterocycles. The number of ether oxygens (including phenoxy) is 1. The molecule has 0 radical (unpaired) electrons. The molecule has 3 aromatic heterocycles. The van der Waals surface area contributed by atoms with Crippen molar-refractivity contribution in [3.8, 4) is 0 Å². The third-order valence-electron chi connectivity index (χ3n) is 6.75. The monoisotopic (exact) mass is 535 g/mol. The predicted octanol–water partition coefficient (Wildman–Crippen LogP) is 6.19. The Hall–Kier alpha value is -2.66. The third-order valence-corrected chi connectivity index (χ3v) is 9.41. The van der Waals surface area contributed by atoms with Gasteiger partial charge in [0.1, 0.15) is 4.83 Å². The highest BCUT2D eigenvalue weighted by Crippen LogP contribution is 2.42. The summed E-state index contributed by atoms with van der Waals surface area (Å²) in [6.45, 7) is 4.93. The Labute approximate surface area is 221 Å². The predicted molar refractivity (Wildman–Crippen MR) is 148 cm³/mol. The maximum Gasteiger partial charge on any atom is 0.234 e. The molecule has 7 nitrogen and oxygen atoms in total. The first-order chi connectivity index (χ1) is 17.5. The molecule has 0 fully saturated rings. The number of rotatable bonds is 6. The van der Waals surface area contributed by atoms with Crippen LogP contribution in [0.5, 0.6) is 0 Å². The van der Waals surface area contributed by atoms with Crippen molar-refractivity contribution in [1.29, 1.82) is 0 Å². The maximum atomic E-state index is 12.9. The largest absolute Gasteiger partial charge is 0.369 e. The minimum atomic E-state index is -0.187. The zero-order valence-corrected chi connectivity index (χ0v) is 22.6. The van der Waals surface area contributed by atoms with E-state index in [2.05, 4.69) is 29.4 Å². The lowest BCUT2D eigenvalue weighted by Crippen LogP contribution is -2.33. The van der Waals surface area contributed by atoms with E-state index >= 15 is 0 Å². The average molecular weight is 536 g/mol. The number of hydrogen-bond acceptors (Lipinski definition) is 8. The van der Waals surface area contributed by atoms with Crippen LogP contribution in [0.2, 0.25) is 0 Å². The molecule has 0 saturated carbocycles. The lowest BCUT2D eigenvalue weighted by atomic mass is 9.90. The SMILES string of the molecule is CC[C@]1(C)Cc2c(sc3nc(SC)n4c(SCC(=O)Nc5cccc6ccccc56)nnc4c23)CO1. The topological polar surface area (TPSA) is 81.4 Å². The van der Waals surface area contributed by atoms with Crippen LogP contribution in [0.25, 0.3) is 26.6 Å². The van der Waals surface area contributed by atoms with Crippen LogP contribution >= 0.6 is 34.9 Å². The molecule has 0 spiro atoms. The molecular weight excluding hydrogens is 511 g/mol. The molecule has 0 unspecified atom stereocenters.